The van der Waals surface area contributed by atoms with Gasteiger partial charge in [-0.25, -0.2) is 18.1 Å². The molecular formula is C11H21N3O3S. The number of rotatable bonds is 5. The van der Waals surface area contributed by atoms with Gasteiger partial charge in [-0.15, -0.1) is 0 Å². The lowest BCUT2D eigenvalue weighted by Crippen LogP contribution is -2.44. The predicted molar refractivity (Wildman–Crippen MR) is 68.5 cm³/mol. The van der Waals surface area contributed by atoms with Gasteiger partial charge in [-0.05, 0) is 11.8 Å². The molecule has 1 unspecified atom stereocenters. The van der Waals surface area contributed by atoms with Gasteiger partial charge in [-0.2, -0.15) is 0 Å². The van der Waals surface area contributed by atoms with Crippen LogP contribution in [0.5, 0.6) is 0 Å². The van der Waals surface area contributed by atoms with E-state index < -0.39 is 10.0 Å². The summed E-state index contributed by atoms with van der Waals surface area (Å²) in [5.41, 5.74) is -0.273. The molecule has 1 rings (SSSR count). The topological polar surface area (TPSA) is 84.2 Å². The fraction of sp³-hybridized carbons (Fsp3) is 0.727. The highest BCUT2D eigenvalue weighted by Gasteiger charge is 2.30. The van der Waals surface area contributed by atoms with Crippen LogP contribution in [0.25, 0.3) is 0 Å². The van der Waals surface area contributed by atoms with Crippen molar-refractivity contribution >= 4 is 10.0 Å². The maximum Gasteiger partial charge on any atom is 0.259 e. The van der Waals surface area contributed by atoms with Gasteiger partial charge < -0.3 is 9.67 Å². The lowest BCUT2D eigenvalue weighted by molar-refractivity contribution is 0.214. The van der Waals surface area contributed by atoms with Crippen molar-refractivity contribution in [2.45, 2.75) is 38.3 Å². The van der Waals surface area contributed by atoms with E-state index in [1.165, 1.54) is 12.5 Å². The number of nitrogens with one attached hydrogen (secondary N) is 1. The summed E-state index contributed by atoms with van der Waals surface area (Å²) in [5.74, 6) is 0. The highest BCUT2D eigenvalue weighted by atomic mass is 32.2. The summed E-state index contributed by atoms with van der Waals surface area (Å²) in [5, 5.41) is 9.01. The van der Waals surface area contributed by atoms with E-state index in [1.54, 1.807) is 11.6 Å². The van der Waals surface area contributed by atoms with Gasteiger partial charge in [-0.1, -0.05) is 20.8 Å². The molecule has 1 atom stereocenters. The Balaban J connectivity index is 2.93. The molecule has 0 aliphatic carbocycles. The number of sulfonamides is 1. The van der Waals surface area contributed by atoms with Crippen molar-refractivity contribution in [2.24, 2.45) is 12.5 Å². The van der Waals surface area contributed by atoms with E-state index in [4.69, 9.17) is 5.11 Å². The largest absolute Gasteiger partial charge is 0.396 e. The van der Waals surface area contributed by atoms with Crippen molar-refractivity contribution in [1.82, 2.24) is 14.3 Å². The molecule has 0 bridgehead atoms. The molecule has 104 valence electrons. The Bertz CT molecular complexity index is 488. The van der Waals surface area contributed by atoms with Gasteiger partial charge in [0.2, 0.25) is 0 Å². The Labute approximate surface area is 108 Å². The standard InChI is InChI=1S/C11H21N3O3S/c1-11(2,3)9(5-6-15)13-18(16,17)10-7-14(4)8-12-10/h7-9,13,15H,5-6H2,1-4H3. The van der Waals surface area contributed by atoms with E-state index in [0.717, 1.165) is 0 Å². The average Bonchev–Trinajstić information content (AvgIpc) is 2.63. The minimum atomic E-state index is -3.64. The van der Waals surface area contributed by atoms with Crippen molar-refractivity contribution in [3.05, 3.63) is 12.5 Å². The quantitative estimate of drug-likeness (QED) is 0.819. The monoisotopic (exact) mass is 275 g/mol. The van der Waals surface area contributed by atoms with E-state index in [9.17, 15) is 8.42 Å². The van der Waals surface area contributed by atoms with Crippen molar-refractivity contribution in [2.75, 3.05) is 6.61 Å². The lowest BCUT2D eigenvalue weighted by atomic mass is 9.86. The third kappa shape index (κ3) is 3.79. The number of aryl methyl sites for hydroxylation is 1. The molecule has 18 heavy (non-hydrogen) atoms. The first-order valence-electron chi connectivity index (χ1n) is 5.78. The van der Waals surface area contributed by atoms with E-state index in [1.807, 2.05) is 20.8 Å². The Kier molecular flexibility index (Phi) is 4.52. The number of nitrogens with zero attached hydrogens (tertiary/aromatic N) is 2. The second-order valence-electron chi connectivity index (χ2n) is 5.43. The fourth-order valence-electron chi connectivity index (χ4n) is 1.57. The molecule has 0 aromatic carbocycles. The van der Waals surface area contributed by atoms with Crippen LogP contribution in [-0.2, 0) is 17.1 Å². The zero-order valence-corrected chi connectivity index (χ0v) is 12.0. The molecule has 0 saturated heterocycles. The Morgan fingerprint density at radius 3 is 2.50 bits per heavy atom. The lowest BCUT2D eigenvalue weighted by Gasteiger charge is -2.30. The third-order valence-electron chi connectivity index (χ3n) is 2.72. The van der Waals surface area contributed by atoms with Crippen LogP contribution in [0.1, 0.15) is 27.2 Å². The molecular weight excluding hydrogens is 254 g/mol. The van der Waals surface area contributed by atoms with Gasteiger partial charge in [-0.3, -0.25) is 0 Å². The molecule has 1 heterocycles. The van der Waals surface area contributed by atoms with Crippen molar-refractivity contribution in [1.29, 1.82) is 0 Å². The van der Waals surface area contributed by atoms with Crippen LogP contribution in [0.3, 0.4) is 0 Å². The molecule has 1 aromatic rings. The van der Waals surface area contributed by atoms with Gasteiger partial charge in [0.25, 0.3) is 10.0 Å². The number of aliphatic hydroxyl groups excluding tert-OH is 1. The minimum Gasteiger partial charge on any atom is -0.396 e. The minimum absolute atomic E-state index is 0.00260. The maximum atomic E-state index is 12.1. The van der Waals surface area contributed by atoms with Crippen LogP contribution in [-0.4, -0.2) is 35.7 Å². The van der Waals surface area contributed by atoms with Crippen LogP contribution in [0.15, 0.2) is 17.6 Å². The van der Waals surface area contributed by atoms with Crippen LogP contribution in [0.2, 0.25) is 0 Å². The Morgan fingerprint density at radius 1 is 1.50 bits per heavy atom. The summed E-state index contributed by atoms with van der Waals surface area (Å²) in [6.07, 6.45) is 3.25. The van der Waals surface area contributed by atoms with E-state index >= 15 is 0 Å². The van der Waals surface area contributed by atoms with Gasteiger partial charge in [0.15, 0.2) is 5.03 Å². The van der Waals surface area contributed by atoms with E-state index in [2.05, 4.69) is 9.71 Å². The normalized spacial score (nSPS) is 14.7. The number of imidazole rings is 1. The highest BCUT2D eigenvalue weighted by molar-refractivity contribution is 7.89. The van der Waals surface area contributed by atoms with Crippen molar-refractivity contribution in [3.8, 4) is 0 Å². The molecule has 0 saturated carbocycles. The molecule has 7 heteroatoms. The number of aromatic nitrogens is 2. The SMILES string of the molecule is Cn1cnc(S(=O)(=O)NC(CCO)C(C)(C)C)c1. The zero-order valence-electron chi connectivity index (χ0n) is 11.2. The van der Waals surface area contributed by atoms with Crippen LogP contribution in [0, 0.1) is 5.41 Å². The molecule has 1 aromatic heterocycles. The van der Waals surface area contributed by atoms with Gasteiger partial charge in [0.05, 0.1) is 6.33 Å². The first kappa shape index (κ1) is 15.1. The van der Waals surface area contributed by atoms with Gasteiger partial charge in [0.1, 0.15) is 0 Å². The highest BCUT2D eigenvalue weighted by Crippen LogP contribution is 2.23. The second-order valence-corrected chi connectivity index (χ2v) is 7.09. The van der Waals surface area contributed by atoms with E-state index in [0.29, 0.717) is 6.42 Å². The number of aliphatic hydroxyl groups is 1. The molecule has 0 amide bonds. The molecule has 0 spiro atoms. The van der Waals surface area contributed by atoms with Gasteiger partial charge in [0, 0.05) is 25.9 Å². The summed E-state index contributed by atoms with van der Waals surface area (Å²) >= 11 is 0. The Morgan fingerprint density at radius 2 is 2.11 bits per heavy atom. The van der Waals surface area contributed by atoms with Crippen LogP contribution < -0.4 is 4.72 Å². The first-order chi connectivity index (χ1) is 8.16. The summed E-state index contributed by atoms with van der Waals surface area (Å²) in [7, 11) is -1.93. The molecule has 6 nitrogen and oxygen atoms in total. The van der Waals surface area contributed by atoms with Crippen molar-refractivity contribution in [3.63, 3.8) is 0 Å². The van der Waals surface area contributed by atoms with Crippen LogP contribution >= 0.6 is 0 Å². The first-order valence-corrected chi connectivity index (χ1v) is 7.26. The third-order valence-corrected chi connectivity index (χ3v) is 4.07. The van der Waals surface area contributed by atoms with Gasteiger partial charge >= 0.3 is 0 Å². The zero-order chi connectivity index (χ0) is 14.0. The average molecular weight is 275 g/mol. The summed E-state index contributed by atoms with van der Waals surface area (Å²) in [6.45, 7) is 5.71. The Hall–Kier alpha value is -0.920. The second kappa shape index (κ2) is 5.38. The molecule has 0 aliphatic rings. The van der Waals surface area contributed by atoms with Crippen molar-refractivity contribution < 1.29 is 13.5 Å². The summed E-state index contributed by atoms with van der Waals surface area (Å²) in [4.78, 5) is 3.83. The van der Waals surface area contributed by atoms with E-state index in [-0.39, 0.29) is 23.1 Å². The fourth-order valence-corrected chi connectivity index (χ4v) is 3.03. The van der Waals surface area contributed by atoms with Crippen LogP contribution in [0.4, 0.5) is 0 Å². The smallest absolute Gasteiger partial charge is 0.259 e. The number of hydrogen-bond donors (Lipinski definition) is 2. The summed E-state index contributed by atoms with van der Waals surface area (Å²) < 4.78 is 28.4. The molecule has 0 radical (unpaired) electrons. The number of hydrogen-bond acceptors (Lipinski definition) is 4. The molecule has 0 aliphatic heterocycles. The molecule has 2 N–H and O–H groups in total. The summed E-state index contributed by atoms with van der Waals surface area (Å²) in [6, 6.07) is -0.338. The predicted octanol–water partition coefficient (Wildman–Crippen LogP) is 0.495. The molecule has 0 fully saturated rings. The maximum absolute atomic E-state index is 12.1.